The Hall–Kier alpha value is -0.900. The van der Waals surface area contributed by atoms with E-state index in [1.165, 1.54) is 37.1 Å². The molecule has 1 aromatic carbocycles. The third-order valence-electron chi connectivity index (χ3n) is 3.87. The van der Waals surface area contributed by atoms with Crippen LogP contribution in [-0.2, 0) is 17.7 Å². The van der Waals surface area contributed by atoms with Crippen molar-refractivity contribution in [1.82, 2.24) is 4.90 Å². The molecule has 0 spiro atoms. The number of piperidine rings is 1. The van der Waals surface area contributed by atoms with Gasteiger partial charge < -0.3 is 10.5 Å². The Morgan fingerprint density at radius 3 is 2.68 bits per heavy atom. The summed E-state index contributed by atoms with van der Waals surface area (Å²) in [5, 5.41) is 0. The van der Waals surface area contributed by atoms with E-state index in [4.69, 9.17) is 10.5 Å². The standard InChI is InChI=1S/C16H26N2O/c1-19-13-16-3-2-10-18(12-16)11-15-6-4-14(5-7-15)8-9-17/h4-7,16H,2-3,8-13,17H2,1H3. The molecular weight excluding hydrogens is 236 g/mol. The maximum atomic E-state index is 5.57. The second kappa shape index (κ2) is 7.63. The maximum Gasteiger partial charge on any atom is 0.0502 e. The molecule has 1 saturated heterocycles. The van der Waals surface area contributed by atoms with Gasteiger partial charge in [0.05, 0.1) is 6.61 Å². The minimum atomic E-state index is 0.704. The van der Waals surface area contributed by atoms with Crippen LogP contribution < -0.4 is 5.73 Å². The molecule has 0 saturated carbocycles. The smallest absolute Gasteiger partial charge is 0.0502 e. The summed E-state index contributed by atoms with van der Waals surface area (Å²) in [5.41, 5.74) is 8.31. The first-order valence-corrected chi connectivity index (χ1v) is 7.31. The molecule has 1 aliphatic rings. The highest BCUT2D eigenvalue weighted by molar-refractivity contribution is 5.22. The van der Waals surface area contributed by atoms with E-state index in [0.717, 1.165) is 26.1 Å². The second-order valence-corrected chi connectivity index (χ2v) is 5.55. The van der Waals surface area contributed by atoms with E-state index < -0.39 is 0 Å². The molecule has 19 heavy (non-hydrogen) atoms. The maximum absolute atomic E-state index is 5.57. The van der Waals surface area contributed by atoms with Crippen molar-refractivity contribution in [3.05, 3.63) is 35.4 Å². The monoisotopic (exact) mass is 262 g/mol. The van der Waals surface area contributed by atoms with Crippen LogP contribution in [0.3, 0.4) is 0 Å². The number of likely N-dealkylation sites (tertiary alicyclic amines) is 1. The zero-order valence-corrected chi connectivity index (χ0v) is 12.0. The van der Waals surface area contributed by atoms with Gasteiger partial charge in [0.25, 0.3) is 0 Å². The first-order valence-electron chi connectivity index (χ1n) is 7.31. The molecule has 2 N–H and O–H groups in total. The van der Waals surface area contributed by atoms with Crippen LogP contribution in [0, 0.1) is 5.92 Å². The highest BCUT2D eigenvalue weighted by Gasteiger charge is 2.19. The number of methoxy groups -OCH3 is 1. The van der Waals surface area contributed by atoms with Crippen molar-refractivity contribution in [2.75, 3.05) is 33.4 Å². The van der Waals surface area contributed by atoms with Gasteiger partial charge in [-0.05, 0) is 49.4 Å². The van der Waals surface area contributed by atoms with Gasteiger partial charge in [-0.1, -0.05) is 24.3 Å². The fourth-order valence-electron chi connectivity index (χ4n) is 2.90. The lowest BCUT2D eigenvalue weighted by Gasteiger charge is -2.32. The Labute approximate surface area is 116 Å². The zero-order valence-electron chi connectivity index (χ0n) is 12.0. The molecule has 1 aliphatic heterocycles. The van der Waals surface area contributed by atoms with E-state index >= 15 is 0 Å². The average Bonchev–Trinajstić information content (AvgIpc) is 2.42. The molecule has 3 heteroatoms. The SMILES string of the molecule is COCC1CCCN(Cc2ccc(CCN)cc2)C1. The second-order valence-electron chi connectivity index (χ2n) is 5.55. The van der Waals surface area contributed by atoms with Gasteiger partial charge in [-0.3, -0.25) is 4.90 Å². The van der Waals surface area contributed by atoms with Crippen molar-refractivity contribution in [3.8, 4) is 0 Å². The van der Waals surface area contributed by atoms with Gasteiger partial charge >= 0.3 is 0 Å². The Kier molecular flexibility index (Phi) is 5.83. The highest BCUT2D eigenvalue weighted by atomic mass is 16.5. The first-order chi connectivity index (χ1) is 9.31. The fraction of sp³-hybridized carbons (Fsp3) is 0.625. The van der Waals surface area contributed by atoms with Crippen molar-refractivity contribution in [2.45, 2.75) is 25.8 Å². The van der Waals surface area contributed by atoms with E-state index in [2.05, 4.69) is 29.2 Å². The van der Waals surface area contributed by atoms with Gasteiger partial charge in [0, 0.05) is 20.2 Å². The quantitative estimate of drug-likeness (QED) is 0.852. The molecule has 1 fully saturated rings. The van der Waals surface area contributed by atoms with Gasteiger partial charge in [0.15, 0.2) is 0 Å². The number of nitrogens with zero attached hydrogens (tertiary/aromatic N) is 1. The predicted molar refractivity (Wildman–Crippen MR) is 79.1 cm³/mol. The minimum absolute atomic E-state index is 0.704. The average molecular weight is 262 g/mol. The lowest BCUT2D eigenvalue weighted by Crippen LogP contribution is -2.36. The van der Waals surface area contributed by atoms with Crippen LogP contribution >= 0.6 is 0 Å². The topological polar surface area (TPSA) is 38.5 Å². The Bertz CT molecular complexity index is 362. The summed E-state index contributed by atoms with van der Waals surface area (Å²) < 4.78 is 5.28. The van der Waals surface area contributed by atoms with Gasteiger partial charge in [-0.15, -0.1) is 0 Å². The number of nitrogens with two attached hydrogens (primary N) is 1. The molecule has 1 unspecified atom stereocenters. The van der Waals surface area contributed by atoms with Crippen molar-refractivity contribution in [3.63, 3.8) is 0 Å². The molecule has 106 valence electrons. The molecule has 1 atom stereocenters. The van der Waals surface area contributed by atoms with Crippen LogP contribution in [0.25, 0.3) is 0 Å². The van der Waals surface area contributed by atoms with E-state index in [-0.39, 0.29) is 0 Å². The van der Waals surface area contributed by atoms with Crippen molar-refractivity contribution in [2.24, 2.45) is 11.7 Å². The molecule has 1 aromatic rings. The van der Waals surface area contributed by atoms with Crippen molar-refractivity contribution in [1.29, 1.82) is 0 Å². The van der Waals surface area contributed by atoms with Crippen LogP contribution in [0.15, 0.2) is 24.3 Å². The lowest BCUT2D eigenvalue weighted by molar-refractivity contribution is 0.0874. The summed E-state index contributed by atoms with van der Waals surface area (Å²) in [4.78, 5) is 2.55. The molecule has 0 bridgehead atoms. The molecule has 1 heterocycles. The first kappa shape index (κ1) is 14.5. The molecule has 2 rings (SSSR count). The summed E-state index contributed by atoms with van der Waals surface area (Å²) in [6, 6.07) is 8.90. The number of rotatable bonds is 6. The predicted octanol–water partition coefficient (Wildman–Crippen LogP) is 2.05. The summed E-state index contributed by atoms with van der Waals surface area (Å²) >= 11 is 0. The molecule has 3 nitrogen and oxygen atoms in total. The Morgan fingerprint density at radius 2 is 2.00 bits per heavy atom. The van der Waals surface area contributed by atoms with Gasteiger partial charge in [0.1, 0.15) is 0 Å². The lowest BCUT2D eigenvalue weighted by atomic mass is 9.98. The molecule has 0 aromatic heterocycles. The van der Waals surface area contributed by atoms with Gasteiger partial charge in [-0.25, -0.2) is 0 Å². The summed E-state index contributed by atoms with van der Waals surface area (Å²) in [5.74, 6) is 0.704. The molecular formula is C16H26N2O. The van der Waals surface area contributed by atoms with Crippen LogP contribution in [0.2, 0.25) is 0 Å². The Morgan fingerprint density at radius 1 is 1.26 bits per heavy atom. The van der Waals surface area contributed by atoms with E-state index in [1.807, 2.05) is 0 Å². The van der Waals surface area contributed by atoms with Crippen LogP contribution in [0.1, 0.15) is 24.0 Å². The van der Waals surface area contributed by atoms with Crippen molar-refractivity contribution < 1.29 is 4.74 Å². The summed E-state index contributed by atoms with van der Waals surface area (Å²) in [7, 11) is 1.80. The molecule has 0 aliphatic carbocycles. The number of hydrogen-bond donors (Lipinski definition) is 1. The van der Waals surface area contributed by atoms with Crippen LogP contribution in [0.5, 0.6) is 0 Å². The van der Waals surface area contributed by atoms with Gasteiger partial charge in [-0.2, -0.15) is 0 Å². The largest absolute Gasteiger partial charge is 0.384 e. The summed E-state index contributed by atoms with van der Waals surface area (Å²) in [6.07, 6.45) is 3.57. The molecule has 0 radical (unpaired) electrons. The highest BCUT2D eigenvalue weighted by Crippen LogP contribution is 2.19. The van der Waals surface area contributed by atoms with Gasteiger partial charge in [0.2, 0.25) is 0 Å². The zero-order chi connectivity index (χ0) is 13.5. The van der Waals surface area contributed by atoms with Crippen LogP contribution in [0.4, 0.5) is 0 Å². The number of ether oxygens (including phenoxy) is 1. The minimum Gasteiger partial charge on any atom is -0.384 e. The van der Waals surface area contributed by atoms with E-state index in [0.29, 0.717) is 5.92 Å². The van der Waals surface area contributed by atoms with Crippen LogP contribution in [-0.4, -0.2) is 38.3 Å². The fourth-order valence-corrected chi connectivity index (χ4v) is 2.90. The number of hydrogen-bond acceptors (Lipinski definition) is 3. The summed E-state index contributed by atoms with van der Waals surface area (Å²) in [6.45, 7) is 5.06. The normalized spacial score (nSPS) is 20.6. The number of benzene rings is 1. The third-order valence-corrected chi connectivity index (χ3v) is 3.87. The van der Waals surface area contributed by atoms with E-state index in [9.17, 15) is 0 Å². The van der Waals surface area contributed by atoms with Crippen molar-refractivity contribution >= 4 is 0 Å². The third kappa shape index (κ3) is 4.60. The van der Waals surface area contributed by atoms with E-state index in [1.54, 1.807) is 7.11 Å². The Balaban J connectivity index is 1.85. The molecule has 0 amide bonds.